The van der Waals surface area contributed by atoms with E-state index in [9.17, 15) is 9.90 Å². The van der Waals surface area contributed by atoms with Crippen molar-refractivity contribution in [1.29, 1.82) is 0 Å². The van der Waals surface area contributed by atoms with Gasteiger partial charge in [-0.2, -0.15) is 0 Å². The van der Waals surface area contributed by atoms with Gasteiger partial charge in [0.1, 0.15) is 0 Å². The second kappa shape index (κ2) is 6.49. The Labute approximate surface area is 120 Å². The highest BCUT2D eigenvalue weighted by Crippen LogP contribution is 2.18. The topological polar surface area (TPSA) is 55.8 Å². The molecule has 0 rings (SSSR count). The van der Waals surface area contributed by atoms with Crippen LogP contribution in [0.3, 0.4) is 0 Å². The van der Waals surface area contributed by atoms with Crippen LogP contribution in [0, 0.1) is 0 Å². The van der Waals surface area contributed by atoms with Gasteiger partial charge in [0.2, 0.25) is 0 Å². The van der Waals surface area contributed by atoms with Gasteiger partial charge in [0, 0.05) is 0 Å². The minimum Gasteiger partial charge on any atom is -0.478 e. The minimum absolute atomic E-state index is 0.177. The molecule has 0 bridgehead atoms. The van der Waals surface area contributed by atoms with Crippen molar-refractivity contribution in [3.05, 3.63) is 11.3 Å². The van der Waals surface area contributed by atoms with Crippen LogP contribution >= 0.6 is 0 Å². The Hall–Kier alpha value is -0.219. The lowest BCUT2D eigenvalue weighted by molar-refractivity contribution is -0.133. The quantitative estimate of drug-likeness (QED) is 0.576. The normalized spacial score (nSPS) is 14.6. The van der Waals surface area contributed by atoms with Gasteiger partial charge in [-0.15, -0.1) is 0 Å². The van der Waals surface area contributed by atoms with Crippen molar-refractivity contribution in [3.63, 3.8) is 0 Å². The zero-order valence-corrected chi connectivity index (χ0v) is 16.5. The van der Waals surface area contributed by atoms with E-state index >= 15 is 0 Å². The van der Waals surface area contributed by atoms with Crippen LogP contribution in [-0.4, -0.2) is 42.6 Å². The molecule has 0 spiro atoms. The Balaban J connectivity index is 4.97. The largest absolute Gasteiger partial charge is 0.478 e. The molecule has 0 radical (unpaired) electrons. The Morgan fingerprint density at radius 1 is 1.00 bits per heavy atom. The summed E-state index contributed by atoms with van der Waals surface area (Å²) in [6.45, 7) is 16.7. The first-order valence-corrected chi connectivity index (χ1v) is 16.3. The van der Waals surface area contributed by atoms with E-state index in [1.165, 1.54) is 0 Å². The standard InChI is InChI=1S/C12H28O4Si3/c1-17(2,3)15-9-11(12(13)14)10-19(7,8)16-18(4,5)6/h10H,9H2,1-8H3,(H,13,14). The van der Waals surface area contributed by atoms with Crippen molar-refractivity contribution >= 4 is 30.9 Å². The lowest BCUT2D eigenvalue weighted by atomic mass is 10.3. The van der Waals surface area contributed by atoms with Gasteiger partial charge in [0.25, 0.3) is 0 Å². The summed E-state index contributed by atoms with van der Waals surface area (Å²) in [4.78, 5) is 11.3. The zero-order chi connectivity index (χ0) is 15.5. The summed E-state index contributed by atoms with van der Waals surface area (Å²) in [5.41, 5.74) is 2.14. The van der Waals surface area contributed by atoms with E-state index in [4.69, 9.17) is 8.54 Å². The molecule has 112 valence electrons. The highest BCUT2D eigenvalue weighted by Gasteiger charge is 2.29. The SMILES string of the molecule is C[Si](C)(C)OCC(=C[Si](C)(C)O[Si](C)(C)C)C(=O)O. The molecule has 0 aromatic heterocycles. The van der Waals surface area contributed by atoms with Gasteiger partial charge in [-0.05, 0) is 52.4 Å². The molecular weight excluding hydrogens is 292 g/mol. The van der Waals surface area contributed by atoms with E-state index < -0.39 is 30.9 Å². The third-order valence-corrected chi connectivity index (χ3v) is 8.63. The molecule has 0 fully saturated rings. The van der Waals surface area contributed by atoms with Crippen LogP contribution in [0.15, 0.2) is 11.3 Å². The van der Waals surface area contributed by atoms with Gasteiger partial charge in [-0.1, -0.05) is 5.70 Å². The van der Waals surface area contributed by atoms with Gasteiger partial charge < -0.3 is 13.6 Å². The van der Waals surface area contributed by atoms with E-state index in [1.54, 1.807) is 0 Å². The fourth-order valence-corrected chi connectivity index (χ4v) is 9.88. The summed E-state index contributed by atoms with van der Waals surface area (Å²) < 4.78 is 11.8. The number of aliphatic carboxylic acids is 1. The average molecular weight is 321 g/mol. The molecule has 0 aromatic rings. The van der Waals surface area contributed by atoms with Crippen molar-refractivity contribution in [3.8, 4) is 0 Å². The zero-order valence-electron chi connectivity index (χ0n) is 13.5. The summed E-state index contributed by atoms with van der Waals surface area (Å²) in [5, 5.41) is 9.28. The number of carboxylic acids is 1. The molecular formula is C12H28O4Si3. The average Bonchev–Trinajstić information content (AvgIpc) is 2.05. The highest BCUT2D eigenvalue weighted by molar-refractivity contribution is 6.87. The molecule has 0 aromatic carbocycles. The second-order valence-electron chi connectivity index (χ2n) is 7.19. The summed E-state index contributed by atoms with van der Waals surface area (Å²) in [5.74, 6) is -0.905. The van der Waals surface area contributed by atoms with Crippen LogP contribution in [-0.2, 0) is 13.3 Å². The lowest BCUT2D eigenvalue weighted by Gasteiger charge is -2.29. The second-order valence-corrected chi connectivity index (χ2v) is 20.2. The molecule has 0 aliphatic heterocycles. The van der Waals surface area contributed by atoms with E-state index in [1.807, 2.05) is 38.4 Å². The van der Waals surface area contributed by atoms with E-state index in [-0.39, 0.29) is 6.61 Å². The molecule has 0 saturated carbocycles. The van der Waals surface area contributed by atoms with Crippen LogP contribution in [0.4, 0.5) is 0 Å². The molecule has 7 heteroatoms. The van der Waals surface area contributed by atoms with Crippen LogP contribution < -0.4 is 0 Å². The molecule has 0 heterocycles. The smallest absolute Gasteiger partial charge is 0.333 e. The minimum atomic E-state index is -2.11. The number of rotatable bonds is 7. The van der Waals surface area contributed by atoms with E-state index in [2.05, 4.69) is 19.6 Å². The predicted molar refractivity (Wildman–Crippen MR) is 86.9 cm³/mol. The summed E-state index contributed by atoms with van der Waals surface area (Å²) in [6.07, 6.45) is 0. The van der Waals surface area contributed by atoms with Gasteiger partial charge >= 0.3 is 5.97 Å². The first-order chi connectivity index (χ1) is 8.22. The van der Waals surface area contributed by atoms with Crippen molar-refractivity contribution in [2.24, 2.45) is 0 Å². The molecule has 0 atom stereocenters. The van der Waals surface area contributed by atoms with Gasteiger partial charge in [-0.3, -0.25) is 0 Å². The fraction of sp³-hybridized carbons (Fsp3) is 0.750. The molecule has 0 aliphatic rings. The molecule has 0 unspecified atom stereocenters. The summed E-state index contributed by atoms with van der Waals surface area (Å²) >= 11 is 0. The highest BCUT2D eigenvalue weighted by atomic mass is 28.4. The van der Waals surface area contributed by atoms with Gasteiger partial charge in [-0.25, -0.2) is 4.79 Å². The van der Waals surface area contributed by atoms with Crippen LogP contribution in [0.5, 0.6) is 0 Å². The van der Waals surface area contributed by atoms with Crippen LogP contribution in [0.25, 0.3) is 0 Å². The summed E-state index contributed by atoms with van der Waals surface area (Å²) in [6, 6.07) is 0. The van der Waals surface area contributed by atoms with Gasteiger partial charge in [0.05, 0.1) is 12.2 Å². The summed E-state index contributed by atoms with van der Waals surface area (Å²) in [7, 11) is -5.48. The molecule has 19 heavy (non-hydrogen) atoms. The van der Waals surface area contributed by atoms with Gasteiger partial charge in [0.15, 0.2) is 25.0 Å². The Kier molecular flexibility index (Phi) is 6.41. The third-order valence-electron chi connectivity index (χ3n) is 2.03. The molecule has 0 aliphatic carbocycles. The molecule has 0 saturated heterocycles. The number of hydrogen-bond acceptors (Lipinski definition) is 3. The Morgan fingerprint density at radius 2 is 1.47 bits per heavy atom. The van der Waals surface area contributed by atoms with Crippen molar-refractivity contribution in [1.82, 2.24) is 0 Å². The number of hydrogen-bond donors (Lipinski definition) is 1. The Morgan fingerprint density at radius 3 is 1.79 bits per heavy atom. The van der Waals surface area contributed by atoms with Crippen molar-refractivity contribution < 1.29 is 18.4 Å². The van der Waals surface area contributed by atoms with E-state index in [0.717, 1.165) is 0 Å². The van der Waals surface area contributed by atoms with Crippen molar-refractivity contribution in [2.75, 3.05) is 6.61 Å². The Bertz CT molecular complexity index is 351. The maximum absolute atomic E-state index is 11.3. The van der Waals surface area contributed by atoms with Crippen molar-refractivity contribution in [2.45, 2.75) is 52.4 Å². The predicted octanol–water partition coefficient (Wildman–Crippen LogP) is 3.44. The lowest BCUT2D eigenvalue weighted by Crippen LogP contribution is -2.42. The first-order valence-electron chi connectivity index (χ1n) is 6.51. The monoisotopic (exact) mass is 320 g/mol. The fourth-order valence-electron chi connectivity index (χ4n) is 1.70. The van der Waals surface area contributed by atoms with Crippen LogP contribution in [0.1, 0.15) is 0 Å². The first kappa shape index (κ1) is 18.8. The maximum Gasteiger partial charge on any atom is 0.333 e. The van der Waals surface area contributed by atoms with E-state index in [0.29, 0.717) is 5.57 Å². The number of carboxylic acid groups (broad SMARTS) is 1. The molecule has 1 N–H and O–H groups in total. The third kappa shape index (κ3) is 10.3. The molecule has 0 amide bonds. The van der Waals surface area contributed by atoms with Crippen LogP contribution in [0.2, 0.25) is 52.4 Å². The molecule has 4 nitrogen and oxygen atoms in total. The maximum atomic E-state index is 11.3. The number of carbonyl (C=O) groups is 1.